The molecule has 1 N–H and O–H groups in total. The number of nitrogens with one attached hydrogen (secondary N) is 1. The van der Waals surface area contributed by atoms with Gasteiger partial charge in [-0.3, -0.25) is 9.48 Å². The molecule has 1 amide bonds. The summed E-state index contributed by atoms with van der Waals surface area (Å²) in [5.74, 6) is 1.85. The summed E-state index contributed by atoms with van der Waals surface area (Å²) >= 11 is 6.17. The van der Waals surface area contributed by atoms with Crippen molar-refractivity contribution in [2.24, 2.45) is 12.2 Å². The van der Waals surface area contributed by atoms with Gasteiger partial charge in [0.15, 0.2) is 0 Å². The number of nitrogens with zero attached hydrogens (tertiary/aromatic N) is 3. The van der Waals surface area contributed by atoms with E-state index in [1.165, 1.54) is 24.1 Å². The van der Waals surface area contributed by atoms with Crippen LogP contribution in [0, 0.1) is 19.3 Å². The minimum atomic E-state index is -2.84. The first-order chi connectivity index (χ1) is 13.2. The molecule has 2 aromatic rings. The van der Waals surface area contributed by atoms with Gasteiger partial charge in [0, 0.05) is 24.4 Å². The van der Waals surface area contributed by atoms with Crippen LogP contribution in [-0.2, 0) is 11.9 Å². The lowest BCUT2D eigenvalue weighted by atomic mass is 10.1. The number of aromatic nitrogens is 2. The highest BCUT2D eigenvalue weighted by Gasteiger charge is 2.23. The smallest absolute Gasteiger partial charge is 0.282 e. The van der Waals surface area contributed by atoms with Crippen molar-refractivity contribution in [3.05, 3.63) is 51.3 Å². The molecular weight excluding hydrogens is 390 g/mol. The molecule has 1 aromatic heterocycles. The molecule has 0 aliphatic heterocycles. The van der Waals surface area contributed by atoms with Crippen LogP contribution in [0.5, 0.6) is 0 Å². The van der Waals surface area contributed by atoms with Crippen LogP contribution in [0.4, 0.5) is 8.78 Å². The molecule has 0 radical (unpaired) electrons. The summed E-state index contributed by atoms with van der Waals surface area (Å²) in [5, 5.41) is 10.5. The zero-order valence-corrected chi connectivity index (χ0v) is 16.3. The number of alkyl halides is 2. The summed E-state index contributed by atoms with van der Waals surface area (Å²) < 4.78 is 27.0. The summed E-state index contributed by atoms with van der Waals surface area (Å²) in [5.41, 5.74) is 1.42. The van der Waals surface area contributed by atoms with Crippen molar-refractivity contribution in [1.82, 2.24) is 15.1 Å². The highest BCUT2D eigenvalue weighted by Crippen LogP contribution is 2.21. The van der Waals surface area contributed by atoms with E-state index in [1.54, 1.807) is 19.1 Å². The maximum atomic E-state index is 12.9. The highest BCUT2D eigenvalue weighted by atomic mass is 35.5. The van der Waals surface area contributed by atoms with Gasteiger partial charge < -0.3 is 10.2 Å². The van der Waals surface area contributed by atoms with E-state index in [1.807, 2.05) is 6.92 Å². The monoisotopic (exact) mass is 408 g/mol. The third kappa shape index (κ3) is 5.30. The molecule has 0 aliphatic carbocycles. The van der Waals surface area contributed by atoms with Crippen LogP contribution in [0.1, 0.15) is 46.1 Å². The molecule has 9 heteroatoms. The van der Waals surface area contributed by atoms with Crippen LogP contribution in [0.2, 0.25) is 5.02 Å². The van der Waals surface area contributed by atoms with Gasteiger partial charge in [0.1, 0.15) is 12.3 Å². The fourth-order valence-corrected chi connectivity index (χ4v) is 2.75. The lowest BCUT2D eigenvalue weighted by Gasteiger charge is -2.12. The topological polar surface area (TPSA) is 68.5 Å². The Kier molecular flexibility index (Phi) is 7.12. The minimum absolute atomic E-state index is 0.0334. The van der Waals surface area contributed by atoms with Gasteiger partial charge in [-0.15, -0.1) is 6.42 Å². The normalized spacial score (nSPS) is 12.2. The Bertz CT molecular complexity index is 911. The van der Waals surface area contributed by atoms with E-state index in [2.05, 4.69) is 21.5 Å². The molecule has 0 bridgehead atoms. The molecule has 1 unspecified atom stereocenters. The maximum absolute atomic E-state index is 12.9. The maximum Gasteiger partial charge on any atom is 0.282 e. The SMILES string of the molecule is C#Cc1cc(C)c(/C=N/OCC(C)NC(=O)c2cn(C)nc2C(F)F)c(Cl)c1. The summed E-state index contributed by atoms with van der Waals surface area (Å²) in [6.07, 6.45) is 5.20. The molecule has 0 spiro atoms. The molecular formula is C19H19ClF2N4O2. The fourth-order valence-electron chi connectivity index (χ4n) is 2.43. The lowest BCUT2D eigenvalue weighted by molar-refractivity contribution is 0.0857. The van der Waals surface area contributed by atoms with Gasteiger partial charge in [0.2, 0.25) is 0 Å². The number of hydrogen-bond donors (Lipinski definition) is 1. The van der Waals surface area contributed by atoms with E-state index < -0.39 is 24.1 Å². The van der Waals surface area contributed by atoms with Gasteiger partial charge in [-0.2, -0.15) is 5.10 Å². The molecule has 148 valence electrons. The Morgan fingerprint density at radius 3 is 2.86 bits per heavy atom. The van der Waals surface area contributed by atoms with Crippen LogP contribution in [-0.4, -0.2) is 34.6 Å². The average molecular weight is 409 g/mol. The first-order valence-electron chi connectivity index (χ1n) is 8.27. The van der Waals surface area contributed by atoms with Crippen molar-refractivity contribution in [2.75, 3.05) is 6.61 Å². The van der Waals surface area contributed by atoms with Crippen LogP contribution < -0.4 is 5.32 Å². The molecule has 1 atom stereocenters. The van der Waals surface area contributed by atoms with Crippen LogP contribution >= 0.6 is 11.6 Å². The van der Waals surface area contributed by atoms with E-state index in [0.717, 1.165) is 5.56 Å². The number of hydrogen-bond acceptors (Lipinski definition) is 4. The largest absolute Gasteiger partial charge is 0.394 e. The molecule has 0 aliphatic rings. The summed E-state index contributed by atoms with van der Waals surface area (Å²) in [6.45, 7) is 3.53. The van der Waals surface area contributed by atoms with Gasteiger partial charge in [-0.05, 0) is 31.5 Å². The van der Waals surface area contributed by atoms with E-state index in [-0.39, 0.29) is 12.2 Å². The van der Waals surface area contributed by atoms with Crippen molar-refractivity contribution in [2.45, 2.75) is 26.3 Å². The van der Waals surface area contributed by atoms with E-state index >= 15 is 0 Å². The first kappa shape index (κ1) is 21.4. The number of terminal acetylenes is 1. The first-order valence-corrected chi connectivity index (χ1v) is 8.65. The van der Waals surface area contributed by atoms with Crippen LogP contribution in [0.15, 0.2) is 23.5 Å². The second-order valence-electron chi connectivity index (χ2n) is 6.14. The van der Waals surface area contributed by atoms with Crippen molar-refractivity contribution in [1.29, 1.82) is 0 Å². The average Bonchev–Trinajstić information content (AvgIpc) is 3.02. The van der Waals surface area contributed by atoms with Crippen molar-refractivity contribution < 1.29 is 18.4 Å². The number of amides is 1. The standard InChI is InChI=1S/C19H19ClF2N4O2/c1-5-13-6-11(2)14(16(20)7-13)8-23-28-10-12(3)24-19(27)15-9-26(4)25-17(15)18(21)22/h1,6-9,12,18H,10H2,2-4H3,(H,24,27)/b23-8+. The van der Waals surface area contributed by atoms with Crippen molar-refractivity contribution in [3.63, 3.8) is 0 Å². The number of rotatable bonds is 7. The second kappa shape index (κ2) is 9.33. The second-order valence-corrected chi connectivity index (χ2v) is 6.55. The lowest BCUT2D eigenvalue weighted by Crippen LogP contribution is -2.35. The minimum Gasteiger partial charge on any atom is -0.394 e. The summed E-state index contributed by atoms with van der Waals surface area (Å²) in [7, 11) is 1.47. The molecule has 1 aromatic carbocycles. The molecule has 2 rings (SSSR count). The Balaban J connectivity index is 1.93. The predicted octanol–water partition coefficient (Wildman–Crippen LogP) is 3.47. The predicted molar refractivity (Wildman–Crippen MR) is 103 cm³/mol. The molecule has 1 heterocycles. The number of benzene rings is 1. The zero-order valence-electron chi connectivity index (χ0n) is 15.5. The number of halogens is 3. The van der Waals surface area contributed by atoms with Gasteiger partial charge in [0.25, 0.3) is 12.3 Å². The van der Waals surface area contributed by atoms with Crippen LogP contribution in [0.25, 0.3) is 0 Å². The van der Waals surface area contributed by atoms with E-state index in [9.17, 15) is 13.6 Å². The van der Waals surface area contributed by atoms with E-state index in [4.69, 9.17) is 22.9 Å². The van der Waals surface area contributed by atoms with Gasteiger partial charge in [-0.1, -0.05) is 22.7 Å². The molecule has 0 saturated carbocycles. The fraction of sp³-hybridized carbons (Fsp3) is 0.316. The quantitative estimate of drug-likeness (QED) is 0.433. The van der Waals surface area contributed by atoms with Crippen molar-refractivity contribution in [3.8, 4) is 12.3 Å². The zero-order chi connectivity index (χ0) is 20.8. The Morgan fingerprint density at radius 2 is 2.25 bits per heavy atom. The number of carbonyl (C=O) groups excluding carboxylic acids is 1. The number of aryl methyl sites for hydroxylation is 2. The van der Waals surface area contributed by atoms with Crippen molar-refractivity contribution >= 4 is 23.7 Å². The molecule has 0 fully saturated rings. The molecule has 28 heavy (non-hydrogen) atoms. The highest BCUT2D eigenvalue weighted by molar-refractivity contribution is 6.33. The van der Waals surface area contributed by atoms with Crippen LogP contribution in [0.3, 0.4) is 0 Å². The third-order valence-corrected chi connectivity index (χ3v) is 4.08. The summed E-state index contributed by atoms with van der Waals surface area (Å²) in [6, 6.07) is 2.97. The van der Waals surface area contributed by atoms with Gasteiger partial charge in [-0.25, -0.2) is 8.78 Å². The molecule has 0 saturated heterocycles. The number of oxime groups is 1. The van der Waals surface area contributed by atoms with E-state index in [0.29, 0.717) is 16.1 Å². The Labute approximate surface area is 166 Å². The van der Waals surface area contributed by atoms with Gasteiger partial charge in [0.05, 0.1) is 22.8 Å². The Hall–Kier alpha value is -2.92. The van der Waals surface area contributed by atoms with Gasteiger partial charge >= 0.3 is 0 Å². The third-order valence-electron chi connectivity index (χ3n) is 3.77. The number of carbonyl (C=O) groups is 1. The molecule has 6 nitrogen and oxygen atoms in total. The summed E-state index contributed by atoms with van der Waals surface area (Å²) in [4.78, 5) is 17.3. The Morgan fingerprint density at radius 1 is 1.54 bits per heavy atom.